The average Bonchev–Trinajstić information content (AvgIpc) is 2.47. The lowest BCUT2D eigenvalue weighted by molar-refractivity contribution is -0.244. The number of ether oxygens (including phenoxy) is 2. The van der Waals surface area contributed by atoms with Crippen LogP contribution in [0.25, 0.3) is 0 Å². The Morgan fingerprint density at radius 2 is 1.45 bits per heavy atom. The molecule has 1 aromatic rings. The first-order chi connectivity index (χ1) is 10.4. The fourth-order valence-corrected chi connectivity index (χ4v) is 3.87. The second-order valence-electron chi connectivity index (χ2n) is 6.76. The zero-order chi connectivity index (χ0) is 15.8. The predicted molar refractivity (Wildman–Crippen MR) is 81.0 cm³/mol. The average molecular weight is 302 g/mol. The molecule has 1 saturated heterocycles. The summed E-state index contributed by atoms with van der Waals surface area (Å²) < 4.78 is 10.7. The summed E-state index contributed by atoms with van der Waals surface area (Å²) in [7, 11) is 0. The molecule has 2 fully saturated rings. The van der Waals surface area contributed by atoms with E-state index in [4.69, 9.17) is 9.47 Å². The maximum Gasteiger partial charge on any atom is 0.324 e. The third kappa shape index (κ3) is 2.51. The van der Waals surface area contributed by atoms with Gasteiger partial charge in [-0.3, -0.25) is 9.59 Å². The molecule has 1 heterocycles. The monoisotopic (exact) mass is 302 g/mol. The Hall–Kier alpha value is -1.84. The van der Waals surface area contributed by atoms with Gasteiger partial charge in [-0.15, -0.1) is 0 Å². The van der Waals surface area contributed by atoms with E-state index in [1.807, 2.05) is 30.3 Å². The van der Waals surface area contributed by atoms with Crippen molar-refractivity contribution in [3.05, 3.63) is 35.9 Å². The van der Waals surface area contributed by atoms with E-state index in [2.05, 4.69) is 0 Å². The molecule has 0 amide bonds. The van der Waals surface area contributed by atoms with Gasteiger partial charge >= 0.3 is 11.9 Å². The minimum atomic E-state index is -1.17. The number of hydrogen-bond acceptors (Lipinski definition) is 4. The van der Waals surface area contributed by atoms with Crippen molar-refractivity contribution in [1.29, 1.82) is 0 Å². The molecule has 0 N–H and O–H groups in total. The van der Waals surface area contributed by atoms with Gasteiger partial charge in [-0.1, -0.05) is 49.6 Å². The first-order valence-electron chi connectivity index (χ1n) is 7.96. The van der Waals surface area contributed by atoms with Crippen molar-refractivity contribution < 1.29 is 19.1 Å². The van der Waals surface area contributed by atoms with Crippen LogP contribution in [0.4, 0.5) is 0 Å². The predicted octanol–water partition coefficient (Wildman–Crippen LogP) is 3.34. The summed E-state index contributed by atoms with van der Waals surface area (Å²) in [5, 5.41) is 0. The van der Waals surface area contributed by atoms with E-state index in [-0.39, 0.29) is 0 Å². The molecule has 4 nitrogen and oxygen atoms in total. The van der Waals surface area contributed by atoms with Crippen LogP contribution in [-0.4, -0.2) is 17.7 Å². The number of rotatable bonds is 2. The quantitative estimate of drug-likeness (QED) is 0.621. The van der Waals surface area contributed by atoms with Crippen LogP contribution in [0.5, 0.6) is 0 Å². The molecule has 1 aromatic carbocycles. The fraction of sp³-hybridized carbons (Fsp3) is 0.556. The summed E-state index contributed by atoms with van der Waals surface area (Å²) >= 11 is 0. The molecule has 22 heavy (non-hydrogen) atoms. The lowest BCUT2D eigenvalue weighted by atomic mass is 9.61. The van der Waals surface area contributed by atoms with Gasteiger partial charge in [0.2, 0.25) is 0 Å². The third-order valence-electron chi connectivity index (χ3n) is 4.81. The van der Waals surface area contributed by atoms with Crippen LogP contribution in [0.1, 0.15) is 51.5 Å². The van der Waals surface area contributed by atoms with Gasteiger partial charge in [0.15, 0.2) is 5.92 Å². The van der Waals surface area contributed by atoms with Crippen molar-refractivity contribution >= 4 is 11.9 Å². The van der Waals surface area contributed by atoms with Crippen LogP contribution in [0.15, 0.2) is 30.3 Å². The van der Waals surface area contributed by atoms with Crippen molar-refractivity contribution in [3.63, 3.8) is 0 Å². The van der Waals surface area contributed by atoms with Crippen LogP contribution >= 0.6 is 0 Å². The van der Waals surface area contributed by atoms with E-state index in [9.17, 15) is 9.59 Å². The minimum Gasteiger partial charge on any atom is -0.422 e. The van der Waals surface area contributed by atoms with Gasteiger partial charge in [-0.2, -0.15) is 0 Å². The second-order valence-corrected chi connectivity index (χ2v) is 6.76. The number of cyclic esters (lactones) is 2. The molecule has 1 aliphatic heterocycles. The number of carbonyl (C=O) groups excluding carboxylic acids is 2. The summed E-state index contributed by atoms with van der Waals surface area (Å²) in [6.45, 7) is 3.18. The third-order valence-corrected chi connectivity index (χ3v) is 4.81. The first-order valence-corrected chi connectivity index (χ1v) is 7.96. The van der Waals surface area contributed by atoms with E-state index in [0.29, 0.717) is 0 Å². The Balaban J connectivity index is 2.03. The molecular formula is C18H22O4. The zero-order valence-corrected chi connectivity index (χ0v) is 13.1. The van der Waals surface area contributed by atoms with Crippen LogP contribution in [0.3, 0.4) is 0 Å². The number of carbonyl (C=O) groups is 2. The fourth-order valence-electron chi connectivity index (χ4n) is 3.87. The summed E-state index contributed by atoms with van der Waals surface area (Å²) in [5.41, 5.74) is 0.540. The molecule has 0 bridgehead atoms. The molecule has 0 radical (unpaired) electrons. The van der Waals surface area contributed by atoms with Gasteiger partial charge in [-0.05, 0) is 18.4 Å². The summed E-state index contributed by atoms with van der Waals surface area (Å²) in [6, 6.07) is 9.86. The normalized spacial score (nSPS) is 24.5. The van der Waals surface area contributed by atoms with E-state index >= 15 is 0 Å². The zero-order valence-electron chi connectivity index (χ0n) is 13.1. The van der Waals surface area contributed by atoms with E-state index in [1.165, 1.54) is 0 Å². The lowest BCUT2D eigenvalue weighted by Gasteiger charge is -2.45. The highest BCUT2D eigenvalue weighted by Crippen LogP contribution is 2.48. The van der Waals surface area contributed by atoms with Crippen LogP contribution in [-0.2, 0) is 24.5 Å². The van der Waals surface area contributed by atoms with Gasteiger partial charge < -0.3 is 9.47 Å². The van der Waals surface area contributed by atoms with E-state index in [0.717, 1.165) is 37.7 Å². The van der Waals surface area contributed by atoms with Crippen molar-refractivity contribution in [1.82, 2.24) is 0 Å². The number of benzene rings is 1. The van der Waals surface area contributed by atoms with E-state index < -0.39 is 29.1 Å². The molecule has 1 saturated carbocycles. The van der Waals surface area contributed by atoms with Gasteiger partial charge in [0.1, 0.15) is 0 Å². The Labute approximate surface area is 130 Å². The molecular weight excluding hydrogens is 280 g/mol. The molecule has 1 aliphatic carbocycles. The van der Waals surface area contributed by atoms with Gasteiger partial charge in [0.25, 0.3) is 5.79 Å². The molecule has 4 heteroatoms. The maximum atomic E-state index is 12.6. The number of esters is 2. The Bertz CT molecular complexity index is 550. The molecule has 3 rings (SSSR count). The molecule has 2 aliphatic rings. The van der Waals surface area contributed by atoms with Crippen molar-refractivity contribution in [2.45, 2.75) is 57.2 Å². The van der Waals surface area contributed by atoms with Crippen molar-refractivity contribution in [2.75, 3.05) is 0 Å². The van der Waals surface area contributed by atoms with Gasteiger partial charge in [-0.25, -0.2) is 0 Å². The van der Waals surface area contributed by atoms with Crippen LogP contribution in [0, 0.1) is 5.92 Å². The molecule has 0 atom stereocenters. The Kier molecular flexibility index (Phi) is 3.71. The molecule has 118 valence electrons. The van der Waals surface area contributed by atoms with Gasteiger partial charge in [0.05, 0.1) is 0 Å². The van der Waals surface area contributed by atoms with E-state index in [1.54, 1.807) is 13.8 Å². The van der Waals surface area contributed by atoms with Crippen LogP contribution < -0.4 is 0 Å². The summed E-state index contributed by atoms with van der Waals surface area (Å²) in [5.74, 6) is -2.93. The van der Waals surface area contributed by atoms with Crippen molar-refractivity contribution in [3.8, 4) is 0 Å². The van der Waals surface area contributed by atoms with Crippen molar-refractivity contribution in [2.24, 2.45) is 5.92 Å². The molecule has 0 spiro atoms. The van der Waals surface area contributed by atoms with Gasteiger partial charge in [0, 0.05) is 19.3 Å². The van der Waals surface area contributed by atoms with Crippen LogP contribution in [0.2, 0.25) is 0 Å². The Morgan fingerprint density at radius 3 is 2.00 bits per heavy atom. The molecule has 0 aromatic heterocycles. The largest absolute Gasteiger partial charge is 0.422 e. The highest BCUT2D eigenvalue weighted by atomic mass is 16.7. The minimum absolute atomic E-state index is 0.452. The highest BCUT2D eigenvalue weighted by molar-refractivity contribution is 5.98. The Morgan fingerprint density at radius 1 is 0.909 bits per heavy atom. The molecule has 0 unspecified atom stereocenters. The summed E-state index contributed by atoms with van der Waals surface area (Å²) in [6.07, 6.45) is 4.78. The lowest BCUT2D eigenvalue weighted by Crippen LogP contribution is -2.55. The first kappa shape index (κ1) is 15.1. The highest BCUT2D eigenvalue weighted by Gasteiger charge is 2.55. The summed E-state index contributed by atoms with van der Waals surface area (Å²) in [4.78, 5) is 25.2. The smallest absolute Gasteiger partial charge is 0.324 e. The standard InChI is InChI=1S/C18H22O4/c1-17(2)21-15(19)14(16(20)22-17)18(11-7-4-8-12-18)13-9-5-3-6-10-13/h3,5-6,9-10,14H,4,7-8,11-12H2,1-2H3. The second kappa shape index (κ2) is 5.41. The topological polar surface area (TPSA) is 52.6 Å². The number of hydrogen-bond donors (Lipinski definition) is 0. The SMILES string of the molecule is CC1(C)OC(=O)C(C2(c3ccccc3)CCCCC2)C(=O)O1. The maximum absolute atomic E-state index is 12.6.